The Morgan fingerprint density at radius 3 is 2.35 bits per heavy atom. The maximum Gasteiger partial charge on any atom is 0.356 e. The Balaban J connectivity index is 1.89. The van der Waals surface area contributed by atoms with Gasteiger partial charge in [0.2, 0.25) is 5.43 Å². The molecule has 8 heteroatoms. The number of nitrogens with zero attached hydrogens (tertiary/aromatic N) is 1. The van der Waals surface area contributed by atoms with Crippen LogP contribution in [0.25, 0.3) is 0 Å². The van der Waals surface area contributed by atoms with Crippen LogP contribution < -0.4 is 10.2 Å². The number of carboxylic acid groups (broad SMARTS) is 1. The molecule has 0 aliphatic heterocycles. The first-order valence-corrected chi connectivity index (χ1v) is 11.3. The number of aromatic nitrogens is 1. The summed E-state index contributed by atoms with van der Waals surface area (Å²) in [6.45, 7) is 1.75. The van der Waals surface area contributed by atoms with Crippen LogP contribution in [0, 0.1) is 6.92 Å². The molecule has 0 unspecified atom stereocenters. The van der Waals surface area contributed by atoms with Crippen LogP contribution in [0.5, 0.6) is 5.75 Å². The summed E-state index contributed by atoms with van der Waals surface area (Å²) in [4.78, 5) is 24.7. The van der Waals surface area contributed by atoms with Crippen molar-refractivity contribution in [3.63, 3.8) is 0 Å². The molecule has 3 aromatic rings. The van der Waals surface area contributed by atoms with E-state index < -0.39 is 21.2 Å². The van der Waals surface area contributed by atoms with Gasteiger partial charge in [-0.2, -0.15) is 0 Å². The van der Waals surface area contributed by atoms with Crippen molar-refractivity contribution in [1.82, 2.24) is 4.57 Å². The third-order valence-corrected chi connectivity index (χ3v) is 6.86. The topological polar surface area (TPSA) is 103 Å². The zero-order chi connectivity index (χ0) is 22.6. The fraction of sp³-hybridized carbons (Fsp3) is 0.217. The minimum atomic E-state index is -3.60. The Labute approximate surface area is 180 Å². The maximum atomic E-state index is 12.7. The van der Waals surface area contributed by atoms with E-state index in [9.17, 15) is 23.1 Å². The second-order valence-electron chi connectivity index (χ2n) is 7.15. The van der Waals surface area contributed by atoms with Gasteiger partial charge >= 0.3 is 5.97 Å². The predicted molar refractivity (Wildman–Crippen MR) is 116 cm³/mol. The van der Waals surface area contributed by atoms with E-state index in [-0.39, 0.29) is 35.1 Å². The lowest BCUT2D eigenvalue weighted by Crippen LogP contribution is -2.23. The van der Waals surface area contributed by atoms with Crippen LogP contribution in [-0.4, -0.2) is 29.8 Å². The Morgan fingerprint density at radius 2 is 1.71 bits per heavy atom. The lowest BCUT2D eigenvalue weighted by atomic mass is 10.2. The Hall–Kier alpha value is -3.39. The molecule has 0 saturated carbocycles. The summed E-state index contributed by atoms with van der Waals surface area (Å²) < 4.78 is 32.3. The zero-order valence-corrected chi connectivity index (χ0v) is 18.1. The van der Waals surface area contributed by atoms with Gasteiger partial charge in [0.25, 0.3) is 0 Å². The van der Waals surface area contributed by atoms with Crippen molar-refractivity contribution in [2.75, 3.05) is 5.75 Å². The third kappa shape index (κ3) is 5.03. The average Bonchev–Trinajstić information content (AvgIpc) is 2.73. The van der Waals surface area contributed by atoms with Crippen LogP contribution in [-0.2, 0) is 29.9 Å². The van der Waals surface area contributed by atoms with Crippen molar-refractivity contribution < 1.29 is 23.1 Å². The van der Waals surface area contributed by atoms with Gasteiger partial charge in [-0.25, -0.2) is 13.2 Å². The molecule has 0 atom stereocenters. The van der Waals surface area contributed by atoms with Crippen molar-refractivity contribution in [2.24, 2.45) is 7.05 Å². The molecule has 0 bridgehead atoms. The van der Waals surface area contributed by atoms with E-state index in [1.807, 2.05) is 18.2 Å². The minimum Gasteiger partial charge on any atom is -0.482 e. The number of benzene rings is 2. The normalized spacial score (nSPS) is 11.3. The number of carboxylic acids is 1. The van der Waals surface area contributed by atoms with Crippen molar-refractivity contribution in [1.29, 1.82) is 0 Å². The van der Waals surface area contributed by atoms with Crippen molar-refractivity contribution in [3.05, 3.63) is 93.4 Å². The number of hydrogen-bond acceptors (Lipinski definition) is 5. The van der Waals surface area contributed by atoms with Gasteiger partial charge in [0.1, 0.15) is 6.61 Å². The van der Waals surface area contributed by atoms with E-state index in [0.717, 1.165) is 5.56 Å². The fourth-order valence-electron chi connectivity index (χ4n) is 3.33. The van der Waals surface area contributed by atoms with E-state index in [0.29, 0.717) is 11.3 Å². The average molecular weight is 442 g/mol. The number of ether oxygens (including phenoxy) is 1. The van der Waals surface area contributed by atoms with Gasteiger partial charge in [-0.1, -0.05) is 48.5 Å². The Kier molecular flexibility index (Phi) is 6.60. The van der Waals surface area contributed by atoms with Gasteiger partial charge in [0.05, 0.1) is 10.6 Å². The highest BCUT2D eigenvalue weighted by Crippen LogP contribution is 2.20. The van der Waals surface area contributed by atoms with Gasteiger partial charge in [-0.3, -0.25) is 4.79 Å². The summed E-state index contributed by atoms with van der Waals surface area (Å²) in [6, 6.07) is 17.0. The second kappa shape index (κ2) is 9.18. The number of carbonyl (C=O) groups is 1. The molecule has 1 N–H and O–H groups in total. The molecule has 2 aromatic carbocycles. The molecule has 0 amide bonds. The summed E-state index contributed by atoms with van der Waals surface area (Å²) in [6.07, 6.45) is -0.0122. The predicted octanol–water partition coefficient (Wildman–Crippen LogP) is 2.99. The fourth-order valence-corrected chi connectivity index (χ4v) is 4.87. The number of hydrogen-bond donors (Lipinski definition) is 1. The standard InChI is InChI=1S/C23H23NO6S/c1-16-8-6-7-11-20(16)31(28,29)13-12-18-14-19(25)22(21(23(26)27)24(18)2)30-15-17-9-4-3-5-10-17/h3-11,14H,12-13,15H2,1-2H3,(H,26,27). The van der Waals surface area contributed by atoms with E-state index in [1.165, 1.54) is 23.7 Å². The smallest absolute Gasteiger partial charge is 0.356 e. The van der Waals surface area contributed by atoms with Crippen LogP contribution >= 0.6 is 0 Å². The van der Waals surface area contributed by atoms with Gasteiger partial charge < -0.3 is 14.4 Å². The molecule has 7 nitrogen and oxygen atoms in total. The third-order valence-electron chi connectivity index (χ3n) is 4.99. The monoisotopic (exact) mass is 441 g/mol. The largest absolute Gasteiger partial charge is 0.482 e. The minimum absolute atomic E-state index is 0.0122. The quantitative estimate of drug-likeness (QED) is 0.577. The highest BCUT2D eigenvalue weighted by Gasteiger charge is 2.23. The van der Waals surface area contributed by atoms with Crippen molar-refractivity contribution >= 4 is 15.8 Å². The first-order valence-electron chi connectivity index (χ1n) is 9.62. The maximum absolute atomic E-state index is 12.7. The SMILES string of the molecule is Cc1ccccc1S(=O)(=O)CCc1cc(=O)c(OCc2ccccc2)c(C(=O)O)n1C. The van der Waals surface area contributed by atoms with Crippen LogP contribution in [0.1, 0.15) is 27.3 Å². The molecule has 0 fully saturated rings. The molecule has 1 heterocycles. The number of aryl methyl sites for hydroxylation is 2. The molecule has 31 heavy (non-hydrogen) atoms. The van der Waals surface area contributed by atoms with Crippen LogP contribution in [0.3, 0.4) is 0 Å². The molecule has 1 aromatic heterocycles. The lowest BCUT2D eigenvalue weighted by molar-refractivity contribution is 0.0678. The molecule has 0 aliphatic rings. The molecule has 0 spiro atoms. The first-order chi connectivity index (χ1) is 14.7. The summed E-state index contributed by atoms with van der Waals surface area (Å²) in [5.74, 6) is -1.86. The summed E-state index contributed by atoms with van der Waals surface area (Å²) >= 11 is 0. The Bertz CT molecular complexity index is 1260. The van der Waals surface area contributed by atoms with Crippen LogP contribution in [0.4, 0.5) is 0 Å². The molecule has 0 saturated heterocycles. The molecular formula is C23H23NO6S. The molecular weight excluding hydrogens is 418 g/mol. The molecule has 0 aliphatic carbocycles. The van der Waals surface area contributed by atoms with Gasteiger partial charge in [0, 0.05) is 25.2 Å². The number of rotatable bonds is 8. The molecule has 0 radical (unpaired) electrons. The van der Waals surface area contributed by atoms with E-state index in [1.54, 1.807) is 37.3 Å². The van der Waals surface area contributed by atoms with E-state index in [2.05, 4.69) is 0 Å². The number of pyridine rings is 1. The number of aromatic carboxylic acids is 1. The highest BCUT2D eigenvalue weighted by atomic mass is 32.2. The zero-order valence-electron chi connectivity index (χ0n) is 17.2. The van der Waals surface area contributed by atoms with Crippen LogP contribution in [0.2, 0.25) is 0 Å². The summed E-state index contributed by atoms with van der Waals surface area (Å²) in [5, 5.41) is 9.68. The summed E-state index contributed by atoms with van der Waals surface area (Å²) in [5.41, 5.74) is 0.801. The van der Waals surface area contributed by atoms with Crippen molar-refractivity contribution in [2.45, 2.75) is 24.8 Å². The first kappa shape index (κ1) is 22.3. The van der Waals surface area contributed by atoms with Crippen LogP contribution in [0.15, 0.2) is 70.4 Å². The molecule has 3 rings (SSSR count). The van der Waals surface area contributed by atoms with E-state index >= 15 is 0 Å². The number of sulfone groups is 1. The van der Waals surface area contributed by atoms with E-state index in [4.69, 9.17) is 4.74 Å². The summed E-state index contributed by atoms with van der Waals surface area (Å²) in [7, 11) is -2.12. The Morgan fingerprint density at radius 1 is 1.06 bits per heavy atom. The van der Waals surface area contributed by atoms with Crippen molar-refractivity contribution in [3.8, 4) is 5.75 Å². The molecule has 162 valence electrons. The van der Waals surface area contributed by atoms with Gasteiger partial charge in [0.15, 0.2) is 21.3 Å². The van der Waals surface area contributed by atoms with Gasteiger partial charge in [-0.05, 0) is 24.1 Å². The second-order valence-corrected chi connectivity index (χ2v) is 9.23. The van der Waals surface area contributed by atoms with Gasteiger partial charge in [-0.15, -0.1) is 0 Å². The highest BCUT2D eigenvalue weighted by molar-refractivity contribution is 7.91. The lowest BCUT2D eigenvalue weighted by Gasteiger charge is -2.16.